The monoisotopic (exact) mass is 225 g/mol. The fourth-order valence-electron chi connectivity index (χ4n) is 1.62. The average molecular weight is 225 g/mol. The van der Waals surface area contributed by atoms with Crippen molar-refractivity contribution in [1.82, 2.24) is 24.6 Å². The summed E-state index contributed by atoms with van der Waals surface area (Å²) in [7, 11) is 0. The number of rotatable bonds is 2. The number of fused-ring (bicyclic) bond motifs is 1. The molecule has 0 fully saturated rings. The molecule has 0 aliphatic rings. The van der Waals surface area contributed by atoms with Crippen molar-refractivity contribution in [3.63, 3.8) is 0 Å². The summed E-state index contributed by atoms with van der Waals surface area (Å²) in [6, 6.07) is 1.75. The van der Waals surface area contributed by atoms with E-state index in [4.69, 9.17) is 0 Å². The Labute approximate surface area is 96.0 Å². The second-order valence-electron chi connectivity index (χ2n) is 3.36. The van der Waals surface area contributed by atoms with Crippen LogP contribution >= 0.6 is 0 Å². The molecule has 6 heteroatoms. The Morgan fingerprint density at radius 2 is 2.12 bits per heavy atom. The average Bonchev–Trinajstić information content (AvgIpc) is 2.78. The van der Waals surface area contributed by atoms with Crippen LogP contribution in [-0.4, -0.2) is 30.9 Å². The van der Waals surface area contributed by atoms with Gasteiger partial charge in [0.05, 0.1) is 11.8 Å². The van der Waals surface area contributed by atoms with Gasteiger partial charge in [-0.25, -0.2) is 9.50 Å². The molecule has 0 radical (unpaired) electrons. The summed E-state index contributed by atoms with van der Waals surface area (Å²) >= 11 is 0. The second kappa shape index (κ2) is 3.75. The molecule has 0 unspecified atom stereocenters. The predicted octanol–water partition coefficient (Wildman–Crippen LogP) is 0.999. The van der Waals surface area contributed by atoms with Gasteiger partial charge in [0, 0.05) is 24.8 Å². The van der Waals surface area contributed by atoms with E-state index < -0.39 is 0 Å². The third kappa shape index (κ3) is 1.46. The minimum Gasteiger partial charge on any atom is -0.298 e. The maximum Gasteiger partial charge on any atom is 0.166 e. The highest BCUT2D eigenvalue weighted by atomic mass is 16.1. The highest BCUT2D eigenvalue weighted by Gasteiger charge is 2.15. The van der Waals surface area contributed by atoms with Gasteiger partial charge in [-0.05, 0) is 6.07 Å². The van der Waals surface area contributed by atoms with Gasteiger partial charge in [-0.2, -0.15) is 5.10 Å². The van der Waals surface area contributed by atoms with Crippen molar-refractivity contribution in [2.75, 3.05) is 0 Å². The summed E-state index contributed by atoms with van der Waals surface area (Å²) in [5, 5.41) is 4.27. The molecule has 0 spiro atoms. The normalized spacial score (nSPS) is 10.6. The molecule has 0 aliphatic carbocycles. The predicted molar refractivity (Wildman–Crippen MR) is 59.4 cm³/mol. The highest BCUT2D eigenvalue weighted by Crippen LogP contribution is 2.20. The van der Waals surface area contributed by atoms with Crippen molar-refractivity contribution in [3.8, 4) is 11.4 Å². The maximum atomic E-state index is 11.1. The molecule has 0 amide bonds. The minimum atomic E-state index is 0.422. The molecule has 3 rings (SSSR count). The Kier molecular flexibility index (Phi) is 2.11. The van der Waals surface area contributed by atoms with Crippen LogP contribution in [0.1, 0.15) is 10.4 Å². The van der Waals surface area contributed by atoms with Crippen LogP contribution in [0.3, 0.4) is 0 Å². The molecular formula is C11H7N5O. The summed E-state index contributed by atoms with van der Waals surface area (Å²) < 4.78 is 1.55. The lowest BCUT2D eigenvalue weighted by Gasteiger charge is -1.93. The number of aldehydes is 1. The number of aromatic nitrogens is 5. The van der Waals surface area contributed by atoms with E-state index in [1.807, 2.05) is 0 Å². The quantitative estimate of drug-likeness (QED) is 0.608. The molecule has 3 heterocycles. The molecule has 0 bridgehead atoms. The summed E-state index contributed by atoms with van der Waals surface area (Å²) in [4.78, 5) is 23.3. The Morgan fingerprint density at radius 1 is 1.18 bits per heavy atom. The number of nitrogens with zero attached hydrogens (tertiary/aromatic N) is 5. The zero-order valence-electron chi connectivity index (χ0n) is 8.69. The van der Waals surface area contributed by atoms with Crippen LogP contribution in [0.25, 0.3) is 17.0 Å². The Morgan fingerprint density at radius 3 is 2.88 bits per heavy atom. The van der Waals surface area contributed by atoms with Gasteiger partial charge < -0.3 is 0 Å². The van der Waals surface area contributed by atoms with E-state index in [-0.39, 0.29) is 0 Å². The third-order valence-corrected chi connectivity index (χ3v) is 2.35. The number of hydrogen-bond donors (Lipinski definition) is 0. The smallest absolute Gasteiger partial charge is 0.166 e. The zero-order valence-corrected chi connectivity index (χ0v) is 8.69. The van der Waals surface area contributed by atoms with Crippen LogP contribution in [0, 0.1) is 0 Å². The first kappa shape index (κ1) is 9.59. The Bertz CT molecular complexity index is 677. The van der Waals surface area contributed by atoms with Gasteiger partial charge in [-0.3, -0.25) is 14.8 Å². The fraction of sp³-hybridized carbons (Fsp3) is 0. The zero-order chi connectivity index (χ0) is 11.7. The molecule has 3 aromatic rings. The molecule has 0 aromatic carbocycles. The van der Waals surface area contributed by atoms with Crippen molar-refractivity contribution in [2.24, 2.45) is 0 Å². The number of carbonyl (C=O) groups excluding carboxylic acids is 1. The Hall–Kier alpha value is -2.63. The van der Waals surface area contributed by atoms with Crippen LogP contribution in [0.5, 0.6) is 0 Å². The molecule has 17 heavy (non-hydrogen) atoms. The van der Waals surface area contributed by atoms with Crippen LogP contribution in [0.2, 0.25) is 0 Å². The third-order valence-electron chi connectivity index (χ3n) is 2.35. The van der Waals surface area contributed by atoms with Crippen molar-refractivity contribution in [2.45, 2.75) is 0 Å². The van der Waals surface area contributed by atoms with E-state index in [1.165, 1.54) is 0 Å². The van der Waals surface area contributed by atoms with Gasteiger partial charge in [0.1, 0.15) is 11.4 Å². The standard InChI is InChI=1S/C11H7N5O/c17-7-8-10(9-6-12-3-4-13-9)15-16-5-1-2-14-11(8)16/h1-7H. The SMILES string of the molecule is O=Cc1c(-c2cnccn2)nn2cccnc12. The van der Waals surface area contributed by atoms with Crippen LogP contribution in [-0.2, 0) is 0 Å². The highest BCUT2D eigenvalue weighted by molar-refractivity contribution is 5.92. The molecule has 0 aliphatic heterocycles. The summed E-state index contributed by atoms with van der Waals surface area (Å²) in [5.74, 6) is 0. The van der Waals surface area contributed by atoms with E-state index in [0.29, 0.717) is 22.6 Å². The summed E-state index contributed by atoms with van der Waals surface area (Å²) in [5.41, 5.74) is 1.99. The summed E-state index contributed by atoms with van der Waals surface area (Å²) in [6.45, 7) is 0. The summed E-state index contributed by atoms with van der Waals surface area (Å²) in [6.07, 6.45) is 8.77. The first-order valence-electron chi connectivity index (χ1n) is 4.95. The van der Waals surface area contributed by atoms with Gasteiger partial charge in [0.25, 0.3) is 0 Å². The largest absolute Gasteiger partial charge is 0.298 e. The van der Waals surface area contributed by atoms with E-state index in [1.54, 1.807) is 41.6 Å². The lowest BCUT2D eigenvalue weighted by molar-refractivity contribution is 0.112. The lowest BCUT2D eigenvalue weighted by atomic mass is 10.2. The molecule has 6 nitrogen and oxygen atoms in total. The molecule has 3 aromatic heterocycles. The van der Waals surface area contributed by atoms with E-state index >= 15 is 0 Å². The first-order chi connectivity index (χ1) is 8.40. The van der Waals surface area contributed by atoms with Crippen LogP contribution in [0.15, 0.2) is 37.1 Å². The number of carbonyl (C=O) groups is 1. The van der Waals surface area contributed by atoms with Gasteiger partial charge in [-0.15, -0.1) is 0 Å². The molecule has 0 N–H and O–H groups in total. The molecular weight excluding hydrogens is 218 g/mol. The first-order valence-corrected chi connectivity index (χ1v) is 4.95. The minimum absolute atomic E-state index is 0.422. The van der Waals surface area contributed by atoms with Crippen molar-refractivity contribution in [3.05, 3.63) is 42.6 Å². The molecule has 82 valence electrons. The molecule has 0 saturated carbocycles. The van der Waals surface area contributed by atoms with Gasteiger partial charge >= 0.3 is 0 Å². The maximum absolute atomic E-state index is 11.1. The second-order valence-corrected chi connectivity index (χ2v) is 3.36. The van der Waals surface area contributed by atoms with Crippen LogP contribution in [0.4, 0.5) is 0 Å². The van der Waals surface area contributed by atoms with E-state index in [0.717, 1.165) is 6.29 Å². The van der Waals surface area contributed by atoms with E-state index in [2.05, 4.69) is 20.1 Å². The van der Waals surface area contributed by atoms with Crippen LogP contribution < -0.4 is 0 Å². The topological polar surface area (TPSA) is 73.0 Å². The van der Waals surface area contributed by atoms with Crippen molar-refractivity contribution in [1.29, 1.82) is 0 Å². The van der Waals surface area contributed by atoms with E-state index in [9.17, 15) is 4.79 Å². The molecule has 0 saturated heterocycles. The van der Waals surface area contributed by atoms with Crippen molar-refractivity contribution < 1.29 is 4.79 Å². The van der Waals surface area contributed by atoms with Gasteiger partial charge in [0.2, 0.25) is 0 Å². The van der Waals surface area contributed by atoms with Gasteiger partial charge in [-0.1, -0.05) is 0 Å². The fourth-order valence-corrected chi connectivity index (χ4v) is 1.62. The van der Waals surface area contributed by atoms with Crippen molar-refractivity contribution >= 4 is 11.9 Å². The lowest BCUT2D eigenvalue weighted by Crippen LogP contribution is -1.89. The number of hydrogen-bond acceptors (Lipinski definition) is 5. The van der Waals surface area contributed by atoms with Gasteiger partial charge in [0.15, 0.2) is 11.9 Å². The molecule has 0 atom stereocenters. The Balaban J connectivity index is 2.33.